The Morgan fingerprint density at radius 2 is 1.90 bits per heavy atom. The number of nitrogens with one attached hydrogen (secondary N) is 1. The lowest BCUT2D eigenvalue weighted by molar-refractivity contribution is 0.600. The van der Waals surface area contributed by atoms with E-state index in [2.05, 4.69) is 20.9 Å². The highest BCUT2D eigenvalue weighted by Crippen LogP contribution is 2.24. The Kier molecular flexibility index (Phi) is 3.43. The first kappa shape index (κ1) is 13.5. The molecule has 1 aromatic heterocycles. The zero-order chi connectivity index (χ0) is 14.3. The van der Waals surface area contributed by atoms with Crippen molar-refractivity contribution in [3.05, 3.63) is 62.8 Å². The average molecular weight is 355 g/mol. The number of fused-ring (bicyclic) bond motifs is 1. The summed E-state index contributed by atoms with van der Waals surface area (Å²) in [5.74, 6) is -0.656. The molecule has 0 radical (unpaired) electrons. The van der Waals surface area contributed by atoms with Gasteiger partial charge in [-0.25, -0.2) is 8.78 Å². The van der Waals surface area contributed by atoms with Crippen LogP contribution in [0.15, 0.2) is 40.9 Å². The number of halogens is 3. The minimum absolute atomic E-state index is 0.287. The van der Waals surface area contributed by atoms with E-state index in [1.807, 2.05) is 0 Å². The molecule has 1 N–H and O–H groups in total. The lowest BCUT2D eigenvalue weighted by atomic mass is 10.2. The normalized spacial score (nSPS) is 11.2. The highest BCUT2D eigenvalue weighted by Gasteiger charge is 2.10. The highest BCUT2D eigenvalue weighted by molar-refractivity contribution is 9.10. The molecular formula is C14H9BrF2N2S. The van der Waals surface area contributed by atoms with Crippen molar-refractivity contribution in [2.45, 2.75) is 6.54 Å². The predicted molar refractivity (Wildman–Crippen MR) is 80.3 cm³/mol. The fraction of sp³-hybridized carbons (Fsp3) is 0.0714. The molecule has 0 fully saturated rings. The second-order valence-corrected chi connectivity index (χ2v) is 5.63. The third-order valence-electron chi connectivity index (χ3n) is 3.10. The molecule has 0 bridgehead atoms. The van der Waals surface area contributed by atoms with Crippen LogP contribution in [0.1, 0.15) is 5.56 Å². The van der Waals surface area contributed by atoms with Crippen LogP contribution in [-0.2, 0) is 6.54 Å². The van der Waals surface area contributed by atoms with Crippen LogP contribution in [0.3, 0.4) is 0 Å². The summed E-state index contributed by atoms with van der Waals surface area (Å²) in [5.41, 5.74) is 1.85. The predicted octanol–water partition coefficient (Wildman–Crippen LogP) is 4.79. The summed E-state index contributed by atoms with van der Waals surface area (Å²) in [4.78, 5) is 2.93. The molecule has 3 rings (SSSR count). The summed E-state index contributed by atoms with van der Waals surface area (Å²) in [6, 6.07) is 9.52. The first-order valence-electron chi connectivity index (χ1n) is 5.87. The van der Waals surface area contributed by atoms with E-state index in [0.717, 1.165) is 5.52 Å². The third-order valence-corrected chi connectivity index (χ3v) is 4.03. The van der Waals surface area contributed by atoms with Crippen LogP contribution in [-0.4, -0.2) is 9.55 Å². The number of aromatic nitrogens is 2. The van der Waals surface area contributed by atoms with Crippen LogP contribution in [0.2, 0.25) is 0 Å². The number of hydrogen-bond donors (Lipinski definition) is 1. The van der Waals surface area contributed by atoms with Gasteiger partial charge in [0.1, 0.15) is 11.6 Å². The summed E-state index contributed by atoms with van der Waals surface area (Å²) in [6.45, 7) is 0.295. The molecule has 102 valence electrons. The molecule has 0 spiro atoms. The maximum absolute atomic E-state index is 13.7. The number of benzene rings is 2. The van der Waals surface area contributed by atoms with Gasteiger partial charge in [-0.1, -0.05) is 18.2 Å². The second-order valence-electron chi connectivity index (χ2n) is 4.39. The molecule has 0 aliphatic carbocycles. The van der Waals surface area contributed by atoms with Gasteiger partial charge in [-0.05, 0) is 40.3 Å². The number of aromatic amines is 1. The van der Waals surface area contributed by atoms with E-state index in [1.165, 1.54) is 12.1 Å². The van der Waals surface area contributed by atoms with E-state index >= 15 is 0 Å². The summed E-state index contributed by atoms with van der Waals surface area (Å²) in [6.07, 6.45) is 0. The van der Waals surface area contributed by atoms with Gasteiger partial charge in [0.2, 0.25) is 0 Å². The summed E-state index contributed by atoms with van der Waals surface area (Å²) < 4.78 is 29.8. The van der Waals surface area contributed by atoms with Gasteiger partial charge in [-0.2, -0.15) is 0 Å². The van der Waals surface area contributed by atoms with Gasteiger partial charge in [0.15, 0.2) is 4.77 Å². The van der Waals surface area contributed by atoms with Crippen LogP contribution >= 0.6 is 28.1 Å². The summed E-state index contributed by atoms with van der Waals surface area (Å²) in [7, 11) is 0. The van der Waals surface area contributed by atoms with Crippen molar-refractivity contribution in [2.75, 3.05) is 0 Å². The van der Waals surface area contributed by atoms with E-state index in [1.54, 1.807) is 28.8 Å². The third kappa shape index (κ3) is 2.29. The van der Waals surface area contributed by atoms with E-state index in [4.69, 9.17) is 12.2 Å². The monoisotopic (exact) mass is 354 g/mol. The van der Waals surface area contributed by atoms with E-state index in [0.29, 0.717) is 26.9 Å². The molecule has 3 aromatic rings. The van der Waals surface area contributed by atoms with Crippen LogP contribution in [0.4, 0.5) is 8.78 Å². The van der Waals surface area contributed by atoms with Crippen molar-refractivity contribution in [1.82, 2.24) is 9.55 Å². The van der Waals surface area contributed by atoms with Crippen molar-refractivity contribution < 1.29 is 8.78 Å². The van der Waals surface area contributed by atoms with Crippen molar-refractivity contribution >= 4 is 39.2 Å². The fourth-order valence-corrected chi connectivity index (χ4v) is 2.71. The lowest BCUT2D eigenvalue weighted by Gasteiger charge is -2.06. The van der Waals surface area contributed by atoms with Gasteiger partial charge in [0, 0.05) is 11.6 Å². The largest absolute Gasteiger partial charge is 0.330 e. The molecule has 20 heavy (non-hydrogen) atoms. The second kappa shape index (κ2) is 5.10. The number of H-pyrrole nitrogens is 1. The Labute approximate surface area is 127 Å². The van der Waals surface area contributed by atoms with Crippen molar-refractivity contribution in [3.8, 4) is 0 Å². The highest BCUT2D eigenvalue weighted by atomic mass is 79.9. The molecular weight excluding hydrogens is 346 g/mol. The molecule has 0 aliphatic rings. The zero-order valence-electron chi connectivity index (χ0n) is 10.2. The first-order chi connectivity index (χ1) is 9.56. The Balaban J connectivity index is 2.17. The number of imidazole rings is 1. The maximum atomic E-state index is 13.7. The van der Waals surface area contributed by atoms with Crippen LogP contribution in [0.25, 0.3) is 11.0 Å². The molecule has 0 saturated heterocycles. The maximum Gasteiger partial charge on any atom is 0.178 e. The summed E-state index contributed by atoms with van der Waals surface area (Å²) >= 11 is 8.38. The lowest BCUT2D eigenvalue weighted by Crippen LogP contribution is -2.02. The Bertz CT molecular complexity index is 854. The number of rotatable bonds is 2. The Morgan fingerprint density at radius 1 is 1.15 bits per heavy atom. The van der Waals surface area contributed by atoms with E-state index in [9.17, 15) is 8.78 Å². The SMILES string of the molecule is Fc1cc2[nH]c(=S)n(Cc3ccccc3F)c2cc1Br. The summed E-state index contributed by atoms with van der Waals surface area (Å²) in [5, 5.41) is 0. The van der Waals surface area contributed by atoms with E-state index in [-0.39, 0.29) is 11.6 Å². The van der Waals surface area contributed by atoms with Crippen molar-refractivity contribution in [2.24, 2.45) is 0 Å². The van der Waals surface area contributed by atoms with Crippen LogP contribution in [0, 0.1) is 16.4 Å². The molecule has 0 aliphatic heterocycles. The quantitative estimate of drug-likeness (QED) is 0.656. The van der Waals surface area contributed by atoms with Crippen LogP contribution in [0.5, 0.6) is 0 Å². The average Bonchev–Trinajstić information content (AvgIpc) is 2.69. The molecule has 6 heteroatoms. The van der Waals surface area contributed by atoms with Crippen molar-refractivity contribution in [1.29, 1.82) is 0 Å². The minimum atomic E-state index is -0.369. The van der Waals surface area contributed by atoms with Gasteiger partial charge >= 0.3 is 0 Å². The van der Waals surface area contributed by atoms with Crippen molar-refractivity contribution in [3.63, 3.8) is 0 Å². The van der Waals surface area contributed by atoms with Gasteiger partial charge in [-0.3, -0.25) is 0 Å². The van der Waals surface area contributed by atoms with Crippen LogP contribution < -0.4 is 0 Å². The van der Waals surface area contributed by atoms with E-state index < -0.39 is 0 Å². The molecule has 2 nitrogen and oxygen atoms in total. The molecule has 2 aromatic carbocycles. The smallest absolute Gasteiger partial charge is 0.178 e. The number of nitrogens with zero attached hydrogens (tertiary/aromatic N) is 1. The van der Waals surface area contributed by atoms with Gasteiger partial charge in [0.25, 0.3) is 0 Å². The molecule has 0 atom stereocenters. The first-order valence-corrected chi connectivity index (χ1v) is 7.07. The zero-order valence-corrected chi connectivity index (χ0v) is 12.6. The number of hydrogen-bond acceptors (Lipinski definition) is 1. The molecule has 1 heterocycles. The molecule has 0 unspecified atom stereocenters. The van der Waals surface area contributed by atoms with Gasteiger partial charge < -0.3 is 9.55 Å². The topological polar surface area (TPSA) is 20.7 Å². The Morgan fingerprint density at radius 3 is 2.65 bits per heavy atom. The Hall–Kier alpha value is -1.53. The fourth-order valence-electron chi connectivity index (χ4n) is 2.11. The standard InChI is InChI=1S/C14H9BrF2N2S/c15-9-5-13-12(6-11(9)17)18-14(20)19(13)7-8-3-1-2-4-10(8)16/h1-6H,7H2,(H,18,20). The minimum Gasteiger partial charge on any atom is -0.330 e. The molecule has 0 saturated carbocycles. The van der Waals surface area contributed by atoms with Gasteiger partial charge in [-0.15, -0.1) is 0 Å². The van der Waals surface area contributed by atoms with Gasteiger partial charge in [0.05, 0.1) is 22.1 Å². The molecule has 0 amide bonds.